The summed E-state index contributed by atoms with van der Waals surface area (Å²) in [6.45, 7) is 2.99. The molecule has 1 aromatic rings. The maximum atomic E-state index is 9.81. The third-order valence-electron chi connectivity index (χ3n) is 4.04. The molecule has 0 amide bonds. The van der Waals surface area contributed by atoms with Crippen LogP contribution in [0, 0.1) is 0 Å². The number of fused-ring (bicyclic) bond motifs is 1. The quantitative estimate of drug-likeness (QED) is 0.822. The number of nitrogens with one attached hydrogen (secondary N) is 1. The van der Waals surface area contributed by atoms with Crippen LogP contribution in [-0.4, -0.2) is 23.9 Å². The second kappa shape index (κ2) is 4.31. The van der Waals surface area contributed by atoms with E-state index in [1.54, 1.807) is 6.07 Å². The lowest BCUT2D eigenvalue weighted by Gasteiger charge is -2.22. The van der Waals surface area contributed by atoms with Gasteiger partial charge in [-0.2, -0.15) is 0 Å². The van der Waals surface area contributed by atoms with Gasteiger partial charge in [0.2, 0.25) is 0 Å². The molecule has 1 heterocycles. The lowest BCUT2D eigenvalue weighted by molar-refractivity contribution is 0.111. The number of hydrogen-bond donors (Lipinski definition) is 2. The van der Waals surface area contributed by atoms with Gasteiger partial charge in [0, 0.05) is 18.7 Å². The molecule has 2 N–H and O–H groups in total. The van der Waals surface area contributed by atoms with Gasteiger partial charge in [-0.15, -0.1) is 0 Å². The van der Waals surface area contributed by atoms with Gasteiger partial charge in [-0.25, -0.2) is 0 Å². The molecular weight excluding hydrogens is 214 g/mol. The SMILES string of the molecule is CC1OCCC1NC1CCc2c(O)cccc21. The zero-order chi connectivity index (χ0) is 11.8. The van der Waals surface area contributed by atoms with Crippen LogP contribution in [0.5, 0.6) is 5.75 Å². The Morgan fingerprint density at radius 2 is 2.24 bits per heavy atom. The van der Waals surface area contributed by atoms with Gasteiger partial charge in [-0.05, 0) is 43.4 Å². The van der Waals surface area contributed by atoms with Gasteiger partial charge < -0.3 is 15.2 Å². The predicted molar refractivity (Wildman–Crippen MR) is 66.1 cm³/mol. The molecule has 3 nitrogen and oxygen atoms in total. The molecule has 92 valence electrons. The molecule has 1 saturated heterocycles. The molecule has 17 heavy (non-hydrogen) atoms. The Kier molecular flexibility index (Phi) is 2.81. The maximum absolute atomic E-state index is 9.81. The highest BCUT2D eigenvalue weighted by Gasteiger charge is 2.30. The fraction of sp³-hybridized carbons (Fsp3) is 0.571. The number of phenols is 1. The third-order valence-corrected chi connectivity index (χ3v) is 4.04. The first-order valence-electron chi connectivity index (χ1n) is 6.44. The van der Waals surface area contributed by atoms with Crippen molar-refractivity contribution in [2.75, 3.05) is 6.61 Å². The van der Waals surface area contributed by atoms with E-state index in [0.29, 0.717) is 23.9 Å². The summed E-state index contributed by atoms with van der Waals surface area (Å²) in [4.78, 5) is 0. The van der Waals surface area contributed by atoms with Gasteiger partial charge in [0.25, 0.3) is 0 Å². The summed E-state index contributed by atoms with van der Waals surface area (Å²) < 4.78 is 5.58. The Balaban J connectivity index is 1.77. The first-order valence-corrected chi connectivity index (χ1v) is 6.44. The molecule has 0 spiro atoms. The smallest absolute Gasteiger partial charge is 0.119 e. The van der Waals surface area contributed by atoms with Gasteiger partial charge >= 0.3 is 0 Å². The minimum absolute atomic E-state index is 0.302. The fourth-order valence-corrected chi connectivity index (χ4v) is 3.02. The zero-order valence-electron chi connectivity index (χ0n) is 10.1. The van der Waals surface area contributed by atoms with Crippen LogP contribution in [0.1, 0.15) is 36.9 Å². The van der Waals surface area contributed by atoms with Crippen LogP contribution >= 0.6 is 0 Å². The van der Waals surface area contributed by atoms with Crippen LogP contribution < -0.4 is 5.32 Å². The van der Waals surface area contributed by atoms with Crippen molar-refractivity contribution >= 4 is 0 Å². The molecule has 1 aliphatic heterocycles. The summed E-state index contributed by atoms with van der Waals surface area (Å²) in [5, 5.41) is 13.5. The molecule has 0 radical (unpaired) electrons. The Morgan fingerprint density at radius 3 is 3.00 bits per heavy atom. The van der Waals surface area contributed by atoms with Crippen molar-refractivity contribution in [3.8, 4) is 5.75 Å². The van der Waals surface area contributed by atoms with E-state index >= 15 is 0 Å². The summed E-state index contributed by atoms with van der Waals surface area (Å²) in [5.74, 6) is 0.447. The fourth-order valence-electron chi connectivity index (χ4n) is 3.02. The minimum Gasteiger partial charge on any atom is -0.508 e. The molecule has 3 rings (SSSR count). The summed E-state index contributed by atoms with van der Waals surface area (Å²) in [6.07, 6.45) is 3.44. The predicted octanol–water partition coefficient (Wildman–Crippen LogP) is 2.15. The van der Waals surface area contributed by atoms with Crippen molar-refractivity contribution in [1.29, 1.82) is 0 Å². The molecule has 2 aliphatic rings. The van der Waals surface area contributed by atoms with Crippen molar-refractivity contribution in [2.45, 2.75) is 44.4 Å². The molecule has 3 atom stereocenters. The van der Waals surface area contributed by atoms with E-state index in [4.69, 9.17) is 4.74 Å². The second-order valence-electron chi connectivity index (χ2n) is 5.07. The molecular formula is C14H19NO2. The van der Waals surface area contributed by atoms with Crippen LogP contribution in [0.3, 0.4) is 0 Å². The second-order valence-corrected chi connectivity index (χ2v) is 5.07. The Bertz CT molecular complexity index is 419. The van der Waals surface area contributed by atoms with Crippen molar-refractivity contribution in [2.24, 2.45) is 0 Å². The van der Waals surface area contributed by atoms with Crippen LogP contribution in [0.2, 0.25) is 0 Å². The van der Waals surface area contributed by atoms with E-state index < -0.39 is 0 Å². The van der Waals surface area contributed by atoms with Crippen molar-refractivity contribution in [1.82, 2.24) is 5.32 Å². The van der Waals surface area contributed by atoms with Crippen molar-refractivity contribution in [3.63, 3.8) is 0 Å². The Hall–Kier alpha value is -1.06. The summed E-state index contributed by atoms with van der Waals surface area (Å²) in [6, 6.07) is 6.67. The largest absolute Gasteiger partial charge is 0.508 e. The standard InChI is InChI=1S/C14H19NO2/c1-9-12(7-8-17-9)15-13-6-5-11-10(13)3-2-4-14(11)16/h2-4,9,12-13,15-16H,5-8H2,1H3. The molecule has 1 aromatic carbocycles. The first-order chi connectivity index (χ1) is 8.25. The summed E-state index contributed by atoms with van der Waals surface area (Å²) in [7, 11) is 0. The first kappa shape index (κ1) is 11.1. The maximum Gasteiger partial charge on any atom is 0.119 e. The third kappa shape index (κ3) is 1.94. The monoisotopic (exact) mass is 233 g/mol. The molecule has 1 aliphatic carbocycles. The molecule has 1 fully saturated rings. The van der Waals surface area contributed by atoms with Crippen molar-refractivity contribution in [3.05, 3.63) is 29.3 Å². The Labute approximate surface area is 102 Å². The van der Waals surface area contributed by atoms with Gasteiger partial charge in [0.05, 0.1) is 6.10 Å². The highest BCUT2D eigenvalue weighted by atomic mass is 16.5. The number of phenolic OH excluding ortho intramolecular Hbond substituents is 1. The van der Waals surface area contributed by atoms with Crippen molar-refractivity contribution < 1.29 is 9.84 Å². The molecule has 0 bridgehead atoms. The summed E-state index contributed by atoms with van der Waals surface area (Å²) >= 11 is 0. The van der Waals surface area contributed by atoms with Gasteiger partial charge in [-0.1, -0.05) is 12.1 Å². The van der Waals surface area contributed by atoms with E-state index in [0.717, 1.165) is 31.4 Å². The van der Waals surface area contributed by atoms with E-state index in [9.17, 15) is 5.11 Å². The van der Waals surface area contributed by atoms with Gasteiger partial charge in [0.15, 0.2) is 0 Å². The number of rotatable bonds is 2. The van der Waals surface area contributed by atoms with Crippen LogP contribution in [0.4, 0.5) is 0 Å². The summed E-state index contributed by atoms with van der Waals surface area (Å²) in [5.41, 5.74) is 2.39. The zero-order valence-corrected chi connectivity index (χ0v) is 10.1. The van der Waals surface area contributed by atoms with Crippen LogP contribution in [0.25, 0.3) is 0 Å². The molecule has 0 saturated carbocycles. The topological polar surface area (TPSA) is 41.5 Å². The Morgan fingerprint density at radius 1 is 1.35 bits per heavy atom. The van der Waals surface area contributed by atoms with Gasteiger partial charge in [-0.3, -0.25) is 0 Å². The molecule has 0 aromatic heterocycles. The van der Waals surface area contributed by atoms with E-state index in [-0.39, 0.29) is 0 Å². The van der Waals surface area contributed by atoms with Gasteiger partial charge in [0.1, 0.15) is 5.75 Å². The highest BCUT2D eigenvalue weighted by molar-refractivity contribution is 5.44. The van der Waals surface area contributed by atoms with E-state index in [2.05, 4.69) is 18.3 Å². The van der Waals surface area contributed by atoms with Crippen LogP contribution in [0.15, 0.2) is 18.2 Å². The number of ether oxygens (including phenoxy) is 1. The average molecular weight is 233 g/mol. The number of benzene rings is 1. The van der Waals surface area contributed by atoms with E-state index in [1.165, 1.54) is 5.56 Å². The number of hydrogen-bond acceptors (Lipinski definition) is 3. The minimum atomic E-state index is 0.302. The lowest BCUT2D eigenvalue weighted by atomic mass is 10.0. The van der Waals surface area contributed by atoms with E-state index in [1.807, 2.05) is 6.07 Å². The molecule has 3 unspecified atom stereocenters. The number of aromatic hydroxyl groups is 1. The highest BCUT2D eigenvalue weighted by Crippen LogP contribution is 2.37. The molecule has 3 heteroatoms. The van der Waals surface area contributed by atoms with Crippen LogP contribution in [-0.2, 0) is 11.2 Å². The average Bonchev–Trinajstić information content (AvgIpc) is 2.89. The normalized spacial score (nSPS) is 31.7. The lowest BCUT2D eigenvalue weighted by Crippen LogP contribution is -2.36.